The van der Waals surface area contributed by atoms with Crippen LogP contribution in [-0.4, -0.2) is 52.4 Å². The first kappa shape index (κ1) is 33.1. The average molecular weight is 651 g/mol. The maximum atomic E-state index is 14.2. The molecule has 1 aliphatic carbocycles. The summed E-state index contributed by atoms with van der Waals surface area (Å²) < 4.78 is 10.7. The molecule has 0 spiro atoms. The molecule has 2 aliphatic heterocycles. The van der Waals surface area contributed by atoms with Crippen LogP contribution in [0.3, 0.4) is 0 Å². The lowest BCUT2D eigenvalue weighted by Gasteiger charge is -2.25. The highest BCUT2D eigenvalue weighted by Gasteiger charge is 2.47. The van der Waals surface area contributed by atoms with Crippen molar-refractivity contribution in [2.75, 3.05) is 13.7 Å². The molecular formula is C39H46N4O5. The normalized spacial score (nSPS) is 21.8. The zero-order valence-electron chi connectivity index (χ0n) is 29.2. The van der Waals surface area contributed by atoms with Gasteiger partial charge in [0.25, 0.3) is 0 Å². The van der Waals surface area contributed by atoms with Crippen LogP contribution in [-0.2, 0) is 31.9 Å². The van der Waals surface area contributed by atoms with Gasteiger partial charge in [0.05, 0.1) is 18.5 Å². The number of hydrogen-bond donors (Lipinski definition) is 4. The molecule has 48 heavy (non-hydrogen) atoms. The van der Waals surface area contributed by atoms with Crippen molar-refractivity contribution >= 4 is 41.5 Å². The van der Waals surface area contributed by atoms with Crippen molar-refractivity contribution in [3.8, 4) is 0 Å². The molecule has 0 fully saturated rings. The number of fused-ring (bicyclic) bond motifs is 8. The van der Waals surface area contributed by atoms with Gasteiger partial charge >= 0.3 is 11.9 Å². The molecule has 0 amide bonds. The van der Waals surface area contributed by atoms with E-state index < -0.39 is 17.9 Å². The topological polar surface area (TPSA) is 129 Å². The lowest BCUT2D eigenvalue weighted by atomic mass is 9.82. The Morgan fingerprint density at radius 2 is 1.58 bits per heavy atom. The molecule has 0 saturated carbocycles. The van der Waals surface area contributed by atoms with Gasteiger partial charge < -0.3 is 29.7 Å². The number of methoxy groups -OCH3 is 1. The minimum absolute atomic E-state index is 0.190. The molecule has 3 aromatic rings. The highest BCUT2D eigenvalue weighted by Crippen LogP contribution is 2.39. The Morgan fingerprint density at radius 3 is 2.27 bits per heavy atom. The van der Waals surface area contributed by atoms with Gasteiger partial charge in [-0.25, -0.2) is 0 Å². The quantitative estimate of drug-likeness (QED) is 0.169. The molecule has 0 radical (unpaired) electrons. The second kappa shape index (κ2) is 13.0. The van der Waals surface area contributed by atoms with Gasteiger partial charge in [0.15, 0.2) is 5.78 Å². The van der Waals surface area contributed by atoms with Crippen molar-refractivity contribution in [2.45, 2.75) is 80.2 Å². The fourth-order valence-corrected chi connectivity index (χ4v) is 7.88. The van der Waals surface area contributed by atoms with Crippen molar-refractivity contribution in [3.63, 3.8) is 0 Å². The number of rotatable bonds is 8. The first-order chi connectivity index (χ1) is 23.0. The van der Waals surface area contributed by atoms with E-state index in [0.717, 1.165) is 62.7 Å². The number of H-pyrrole nitrogens is 3. The molecule has 4 N–H and O–H groups in total. The molecule has 3 aromatic heterocycles. The third kappa shape index (κ3) is 5.39. The monoisotopic (exact) mass is 650 g/mol. The van der Waals surface area contributed by atoms with E-state index in [9.17, 15) is 14.4 Å². The molecule has 6 rings (SSSR count). The molecule has 0 saturated heterocycles. The van der Waals surface area contributed by atoms with Gasteiger partial charge in [0, 0.05) is 51.0 Å². The summed E-state index contributed by atoms with van der Waals surface area (Å²) in [6.45, 7) is 14.7. The first-order valence-corrected chi connectivity index (χ1v) is 17.0. The van der Waals surface area contributed by atoms with Crippen molar-refractivity contribution in [1.29, 1.82) is 0 Å². The van der Waals surface area contributed by atoms with Crippen molar-refractivity contribution in [3.05, 3.63) is 89.6 Å². The van der Waals surface area contributed by atoms with Crippen LogP contribution in [0.1, 0.15) is 90.1 Å². The van der Waals surface area contributed by atoms with E-state index in [1.54, 1.807) is 6.08 Å². The van der Waals surface area contributed by atoms with E-state index in [4.69, 9.17) is 9.47 Å². The number of aromatic nitrogens is 3. The summed E-state index contributed by atoms with van der Waals surface area (Å²) in [4.78, 5) is 51.3. The Bertz CT molecular complexity index is 2150. The highest BCUT2D eigenvalue weighted by atomic mass is 16.5. The number of aromatic amines is 3. The van der Waals surface area contributed by atoms with Crippen molar-refractivity contribution in [1.82, 2.24) is 20.3 Å². The van der Waals surface area contributed by atoms with Gasteiger partial charge in [-0.2, -0.15) is 0 Å². The molecule has 3 aliphatic rings. The number of carbonyl (C=O) groups excluding carboxylic acids is 3. The van der Waals surface area contributed by atoms with Crippen LogP contribution in [0, 0.1) is 32.6 Å². The van der Waals surface area contributed by atoms with E-state index in [1.807, 2.05) is 19.9 Å². The average Bonchev–Trinajstić information content (AvgIpc) is 3.80. The summed E-state index contributed by atoms with van der Waals surface area (Å²) in [5.41, 5.74) is 10.7. The fraction of sp³-hybridized carbons (Fsp3) is 0.410. The zero-order valence-corrected chi connectivity index (χ0v) is 29.2. The third-order valence-electron chi connectivity index (χ3n) is 10.6. The third-order valence-corrected chi connectivity index (χ3v) is 10.6. The Labute approximate surface area is 280 Å². The van der Waals surface area contributed by atoms with Gasteiger partial charge in [-0.1, -0.05) is 26.0 Å². The van der Waals surface area contributed by atoms with Crippen molar-refractivity contribution in [2.24, 2.45) is 11.8 Å². The number of ketones is 1. The van der Waals surface area contributed by atoms with Crippen LogP contribution in [0.15, 0.2) is 23.4 Å². The molecule has 0 aromatic carbocycles. The summed E-state index contributed by atoms with van der Waals surface area (Å²) >= 11 is 0. The lowest BCUT2D eigenvalue weighted by molar-refractivity contribution is -0.143. The van der Waals surface area contributed by atoms with Crippen LogP contribution < -0.4 is 26.7 Å². The summed E-state index contributed by atoms with van der Waals surface area (Å²) in [7, 11) is 1.32. The van der Waals surface area contributed by atoms with Gasteiger partial charge in [0.2, 0.25) is 0 Å². The molecule has 1 unspecified atom stereocenters. The summed E-state index contributed by atoms with van der Waals surface area (Å²) in [5.74, 6) is -2.44. The number of carbonyl (C=O) groups is 3. The number of allylic oxidation sites excluding steroid dienone is 2. The van der Waals surface area contributed by atoms with E-state index >= 15 is 0 Å². The number of nitrogens with one attached hydrogen (secondary N) is 4. The SMILES string of the molecule is C/C=C\COC(=O)CC[C@H]1C(C)=C2/C=c3\[nH]/c(c(CC)c3C)=C\c3[nH]c(c(CC)c3C)/C=c3\[nH]c4c(c3C)C(=O)[C@H](C(=O)OC)C=4C1N2. The van der Waals surface area contributed by atoms with E-state index in [0.29, 0.717) is 22.9 Å². The van der Waals surface area contributed by atoms with Crippen molar-refractivity contribution < 1.29 is 23.9 Å². The Balaban J connectivity index is 1.65. The van der Waals surface area contributed by atoms with Crippen LogP contribution in [0.4, 0.5) is 0 Å². The summed E-state index contributed by atoms with van der Waals surface area (Å²) in [6, 6.07) is -0.440. The predicted molar refractivity (Wildman–Crippen MR) is 187 cm³/mol. The van der Waals surface area contributed by atoms with E-state index in [-0.39, 0.29) is 30.7 Å². The van der Waals surface area contributed by atoms with Crippen LogP contribution >= 0.6 is 0 Å². The Hall–Kier alpha value is -4.79. The number of ether oxygens (including phenoxy) is 2. The van der Waals surface area contributed by atoms with Gasteiger partial charge in [0.1, 0.15) is 12.5 Å². The number of Topliss-reactive ketones (excluding diaryl/α,β-unsaturated/α-hetero) is 1. The lowest BCUT2D eigenvalue weighted by Crippen LogP contribution is -2.39. The molecule has 9 heteroatoms. The fourth-order valence-electron chi connectivity index (χ4n) is 7.88. The standard InChI is InChI=1S/C39H46N4O5/c1-9-12-15-48-32(44)14-13-25-21(6)28-16-26-19(4)23(10-2)30(40-26)17-27-20(5)24(11-3)31(41-27)18-29-22(7)33-37(43-29)34(36(25)42-28)35(38(33)45)39(46)47-8/h9,12,16-18,25,35-36,40-43H,10-11,13-15H2,1-8H3/b12-9-,26-16-,29-18-,30-17-/t25-,35+,36?/m0/s1. The molecule has 5 heterocycles. The largest absolute Gasteiger partial charge is 0.468 e. The first-order valence-electron chi connectivity index (χ1n) is 17.0. The summed E-state index contributed by atoms with van der Waals surface area (Å²) in [5, 5.41) is 7.23. The molecular weight excluding hydrogens is 604 g/mol. The molecule has 9 nitrogen and oxygen atoms in total. The molecule has 252 valence electrons. The van der Waals surface area contributed by atoms with Gasteiger partial charge in [-0.15, -0.1) is 0 Å². The van der Waals surface area contributed by atoms with E-state index in [1.165, 1.54) is 23.8 Å². The van der Waals surface area contributed by atoms with Crippen LogP contribution in [0.25, 0.3) is 23.8 Å². The maximum absolute atomic E-state index is 14.2. The van der Waals surface area contributed by atoms with Crippen LogP contribution in [0.2, 0.25) is 0 Å². The minimum Gasteiger partial charge on any atom is -0.468 e. The van der Waals surface area contributed by atoms with Gasteiger partial charge in [-0.3, -0.25) is 14.4 Å². The van der Waals surface area contributed by atoms with Gasteiger partial charge in [-0.05, 0) is 111 Å². The minimum atomic E-state index is -1.10. The summed E-state index contributed by atoms with van der Waals surface area (Å²) in [6.07, 6.45) is 12.4. The van der Waals surface area contributed by atoms with Crippen LogP contribution in [0.5, 0.6) is 0 Å². The second-order valence-electron chi connectivity index (χ2n) is 13.1. The smallest absolute Gasteiger partial charge is 0.320 e. The number of hydrogen-bond acceptors (Lipinski definition) is 6. The maximum Gasteiger partial charge on any atom is 0.320 e. The molecule has 8 bridgehead atoms. The second-order valence-corrected chi connectivity index (χ2v) is 13.1. The Kier molecular flexibility index (Phi) is 8.98. The Morgan fingerprint density at radius 1 is 0.875 bits per heavy atom. The predicted octanol–water partition coefficient (Wildman–Crippen LogP) is 3.07. The number of esters is 2. The highest BCUT2D eigenvalue weighted by molar-refractivity contribution is 6.19. The van der Waals surface area contributed by atoms with E-state index in [2.05, 4.69) is 73.1 Å². The molecule has 3 atom stereocenters. The zero-order chi connectivity index (χ0) is 34.4.